The van der Waals surface area contributed by atoms with Crippen LogP contribution in [0.15, 0.2) is 53.5 Å². The number of pyridine rings is 1. The molecule has 0 aliphatic rings. The van der Waals surface area contributed by atoms with E-state index < -0.39 is 0 Å². The molecule has 3 rings (SSSR count). The molecule has 1 aromatic carbocycles. The molecule has 0 radical (unpaired) electrons. The summed E-state index contributed by atoms with van der Waals surface area (Å²) in [5, 5.41) is 9.60. The zero-order chi connectivity index (χ0) is 16.1. The molecule has 0 unspecified atom stereocenters. The summed E-state index contributed by atoms with van der Waals surface area (Å²) < 4.78 is 5.70. The van der Waals surface area contributed by atoms with Crippen molar-refractivity contribution in [3.05, 3.63) is 74.5 Å². The zero-order valence-corrected chi connectivity index (χ0v) is 13.2. The number of aromatic hydroxyl groups is 1. The summed E-state index contributed by atoms with van der Waals surface area (Å²) in [7, 11) is 0. The highest BCUT2D eigenvalue weighted by Crippen LogP contribution is 2.21. The molecule has 5 nitrogen and oxygen atoms in total. The molecule has 0 amide bonds. The first-order valence-corrected chi connectivity index (χ1v) is 8.05. The van der Waals surface area contributed by atoms with E-state index in [0.29, 0.717) is 17.9 Å². The van der Waals surface area contributed by atoms with Crippen molar-refractivity contribution in [1.29, 1.82) is 0 Å². The molecule has 2 heterocycles. The summed E-state index contributed by atoms with van der Waals surface area (Å²) in [6.45, 7) is 0.566. The van der Waals surface area contributed by atoms with E-state index in [1.54, 1.807) is 6.20 Å². The molecule has 0 saturated carbocycles. The van der Waals surface area contributed by atoms with Crippen LogP contribution in [0, 0.1) is 0 Å². The number of ether oxygens (including phenoxy) is 1. The van der Waals surface area contributed by atoms with E-state index in [0.717, 1.165) is 34.8 Å². The number of hydrogen-bond acceptors (Lipinski definition) is 5. The minimum absolute atomic E-state index is 0.0457. The van der Waals surface area contributed by atoms with Crippen LogP contribution in [0.5, 0.6) is 11.6 Å². The summed E-state index contributed by atoms with van der Waals surface area (Å²) >= 11 is 1.03. The van der Waals surface area contributed by atoms with Crippen molar-refractivity contribution in [2.45, 2.75) is 12.8 Å². The predicted molar refractivity (Wildman–Crippen MR) is 89.3 cm³/mol. The van der Waals surface area contributed by atoms with Crippen molar-refractivity contribution >= 4 is 11.3 Å². The molecular formula is C17H16N2O3S. The number of benzene rings is 1. The zero-order valence-electron chi connectivity index (χ0n) is 12.4. The number of aromatic nitrogens is 2. The maximum absolute atomic E-state index is 11.2. The average molecular weight is 328 g/mol. The third-order valence-corrected chi connectivity index (χ3v) is 4.21. The molecule has 0 atom stereocenters. The summed E-state index contributed by atoms with van der Waals surface area (Å²) in [4.78, 5) is 18.2. The fourth-order valence-electron chi connectivity index (χ4n) is 2.18. The van der Waals surface area contributed by atoms with Crippen LogP contribution >= 0.6 is 11.3 Å². The number of rotatable bonds is 6. The summed E-state index contributed by atoms with van der Waals surface area (Å²) in [6, 6.07) is 13.5. The van der Waals surface area contributed by atoms with Gasteiger partial charge in [-0.05, 0) is 29.8 Å². The van der Waals surface area contributed by atoms with Gasteiger partial charge in [-0.15, -0.1) is 0 Å². The lowest BCUT2D eigenvalue weighted by Crippen LogP contribution is -2.02. The molecule has 2 aromatic heterocycles. The molecule has 118 valence electrons. The summed E-state index contributed by atoms with van der Waals surface area (Å²) in [5.74, 6) is 0.742. The molecule has 0 bridgehead atoms. The Hall–Kier alpha value is -2.60. The lowest BCUT2D eigenvalue weighted by Gasteiger charge is -2.07. The van der Waals surface area contributed by atoms with Gasteiger partial charge in [0.1, 0.15) is 5.75 Å². The normalized spacial score (nSPS) is 10.6. The second kappa shape index (κ2) is 7.11. The Bertz CT molecular complexity index is 810. The Morgan fingerprint density at radius 3 is 2.65 bits per heavy atom. The average Bonchev–Trinajstić information content (AvgIpc) is 2.88. The van der Waals surface area contributed by atoms with Gasteiger partial charge in [0, 0.05) is 24.7 Å². The van der Waals surface area contributed by atoms with E-state index in [-0.39, 0.29) is 10.8 Å². The van der Waals surface area contributed by atoms with E-state index >= 15 is 0 Å². The molecular weight excluding hydrogens is 312 g/mol. The third kappa shape index (κ3) is 4.20. The highest BCUT2D eigenvalue weighted by molar-refractivity contribution is 7.09. The Labute approximate surface area is 137 Å². The molecule has 2 N–H and O–H groups in total. The molecule has 23 heavy (non-hydrogen) atoms. The Morgan fingerprint density at radius 1 is 1.17 bits per heavy atom. The monoisotopic (exact) mass is 328 g/mol. The maximum atomic E-state index is 11.2. The molecule has 0 aliphatic heterocycles. The van der Waals surface area contributed by atoms with Crippen molar-refractivity contribution in [2.75, 3.05) is 6.61 Å². The van der Waals surface area contributed by atoms with E-state index in [1.807, 2.05) is 42.5 Å². The number of aromatic amines is 1. The van der Waals surface area contributed by atoms with Gasteiger partial charge in [-0.2, -0.15) is 0 Å². The van der Waals surface area contributed by atoms with Gasteiger partial charge in [-0.1, -0.05) is 29.5 Å². The van der Waals surface area contributed by atoms with Gasteiger partial charge >= 0.3 is 4.87 Å². The molecule has 0 aliphatic carbocycles. The number of thiazole rings is 1. The number of hydrogen-bond donors (Lipinski definition) is 2. The molecule has 0 spiro atoms. The third-order valence-electron chi connectivity index (χ3n) is 3.34. The van der Waals surface area contributed by atoms with Crippen LogP contribution in [-0.2, 0) is 12.8 Å². The second-order valence-electron chi connectivity index (χ2n) is 5.03. The Morgan fingerprint density at radius 2 is 2.00 bits per heavy atom. The number of nitrogens with one attached hydrogen (secondary N) is 1. The first kappa shape index (κ1) is 15.3. The highest BCUT2D eigenvalue weighted by atomic mass is 32.1. The van der Waals surface area contributed by atoms with Gasteiger partial charge in [0.15, 0.2) is 0 Å². The second-order valence-corrected chi connectivity index (χ2v) is 6.09. The van der Waals surface area contributed by atoms with Gasteiger partial charge in [0.25, 0.3) is 0 Å². The van der Waals surface area contributed by atoms with Crippen LogP contribution in [0.3, 0.4) is 0 Å². The fourth-order valence-corrected chi connectivity index (χ4v) is 2.94. The largest absolute Gasteiger partial charge is 0.494 e. The van der Waals surface area contributed by atoms with E-state index in [2.05, 4.69) is 9.97 Å². The first-order chi connectivity index (χ1) is 11.2. The van der Waals surface area contributed by atoms with E-state index in [4.69, 9.17) is 4.74 Å². The lowest BCUT2D eigenvalue weighted by atomic mass is 10.1. The van der Waals surface area contributed by atoms with Gasteiger partial charge in [-0.25, -0.2) is 0 Å². The Kier molecular flexibility index (Phi) is 4.73. The summed E-state index contributed by atoms with van der Waals surface area (Å²) in [6.07, 6.45) is 3.05. The topological polar surface area (TPSA) is 75.2 Å². The van der Waals surface area contributed by atoms with Crippen molar-refractivity contribution in [3.8, 4) is 11.6 Å². The summed E-state index contributed by atoms with van der Waals surface area (Å²) in [5.41, 5.74) is 2.01. The van der Waals surface area contributed by atoms with Gasteiger partial charge < -0.3 is 9.84 Å². The number of nitrogens with zero attached hydrogens (tertiary/aromatic N) is 1. The van der Waals surface area contributed by atoms with Crippen LogP contribution < -0.4 is 9.61 Å². The SMILES string of the molecule is O=c1[nH]c(O)c(Cc2ccc(OCCc3ccccn3)cc2)s1. The van der Waals surface area contributed by atoms with Crippen LogP contribution in [-0.4, -0.2) is 21.7 Å². The number of H-pyrrole nitrogens is 1. The van der Waals surface area contributed by atoms with Crippen LogP contribution in [0.2, 0.25) is 0 Å². The maximum Gasteiger partial charge on any atom is 0.307 e. The minimum Gasteiger partial charge on any atom is -0.494 e. The van der Waals surface area contributed by atoms with Gasteiger partial charge in [-0.3, -0.25) is 14.8 Å². The van der Waals surface area contributed by atoms with Gasteiger partial charge in [0.05, 0.1) is 11.5 Å². The van der Waals surface area contributed by atoms with Crippen LogP contribution in [0.1, 0.15) is 16.1 Å². The van der Waals surface area contributed by atoms with E-state index in [9.17, 15) is 9.90 Å². The van der Waals surface area contributed by atoms with Crippen molar-refractivity contribution in [1.82, 2.24) is 9.97 Å². The lowest BCUT2D eigenvalue weighted by molar-refractivity contribution is 0.320. The van der Waals surface area contributed by atoms with Crippen LogP contribution in [0.4, 0.5) is 0 Å². The fraction of sp³-hybridized carbons (Fsp3) is 0.176. The van der Waals surface area contributed by atoms with Crippen molar-refractivity contribution in [3.63, 3.8) is 0 Å². The Balaban J connectivity index is 1.55. The predicted octanol–water partition coefficient (Wildman–Crippen LogP) is 2.75. The smallest absolute Gasteiger partial charge is 0.307 e. The van der Waals surface area contributed by atoms with Crippen molar-refractivity contribution < 1.29 is 9.84 Å². The quantitative estimate of drug-likeness (QED) is 0.729. The minimum atomic E-state index is -0.244. The standard InChI is InChI=1S/C17H16N2O3S/c20-16-15(23-17(21)19-16)11-12-4-6-14(7-5-12)22-10-8-13-3-1-2-9-18-13/h1-7,9,20H,8,10-11H2,(H,19,21). The highest BCUT2D eigenvalue weighted by Gasteiger charge is 2.07. The molecule has 3 aromatic rings. The first-order valence-electron chi connectivity index (χ1n) is 7.23. The molecule has 0 fully saturated rings. The van der Waals surface area contributed by atoms with Crippen molar-refractivity contribution in [2.24, 2.45) is 0 Å². The van der Waals surface area contributed by atoms with Crippen LogP contribution in [0.25, 0.3) is 0 Å². The van der Waals surface area contributed by atoms with E-state index in [1.165, 1.54) is 0 Å². The molecule has 6 heteroatoms. The van der Waals surface area contributed by atoms with Gasteiger partial charge in [0.2, 0.25) is 5.88 Å². The molecule has 0 saturated heterocycles.